The Bertz CT molecular complexity index is 722. The minimum absolute atomic E-state index is 0.192. The standard InChI is InChI=1S/C18H19BrN2O4/c1-24-9-10-25-16-8-7-14(12-15(16)19)18(23)21-20-17(22)11-13-5-3-2-4-6-13/h2-8,12H,9-11H2,1H3,(H,20,22)(H,21,23). The minimum atomic E-state index is -0.412. The predicted molar refractivity (Wildman–Crippen MR) is 97.3 cm³/mol. The van der Waals surface area contributed by atoms with Crippen LogP contribution in [0, 0.1) is 0 Å². The van der Waals surface area contributed by atoms with Crippen LogP contribution >= 0.6 is 15.9 Å². The monoisotopic (exact) mass is 406 g/mol. The van der Waals surface area contributed by atoms with E-state index in [9.17, 15) is 9.59 Å². The molecule has 2 aromatic rings. The van der Waals surface area contributed by atoms with E-state index in [1.165, 1.54) is 0 Å². The van der Waals surface area contributed by atoms with Gasteiger partial charge in [-0.25, -0.2) is 0 Å². The van der Waals surface area contributed by atoms with Gasteiger partial charge in [-0.15, -0.1) is 0 Å². The molecule has 0 heterocycles. The molecule has 2 N–H and O–H groups in total. The number of methoxy groups -OCH3 is 1. The molecule has 0 aliphatic rings. The Balaban J connectivity index is 1.86. The van der Waals surface area contributed by atoms with Gasteiger partial charge in [0.1, 0.15) is 12.4 Å². The highest BCUT2D eigenvalue weighted by Gasteiger charge is 2.11. The fourth-order valence-electron chi connectivity index (χ4n) is 2.02. The van der Waals surface area contributed by atoms with E-state index in [4.69, 9.17) is 9.47 Å². The van der Waals surface area contributed by atoms with Crippen LogP contribution < -0.4 is 15.6 Å². The number of carbonyl (C=O) groups excluding carboxylic acids is 2. The number of hydrogen-bond acceptors (Lipinski definition) is 4. The summed E-state index contributed by atoms with van der Waals surface area (Å²) in [5, 5.41) is 0. The first-order chi connectivity index (χ1) is 12.1. The summed E-state index contributed by atoms with van der Waals surface area (Å²) in [7, 11) is 1.60. The van der Waals surface area contributed by atoms with Crippen LogP contribution in [0.3, 0.4) is 0 Å². The average molecular weight is 407 g/mol. The fraction of sp³-hybridized carbons (Fsp3) is 0.222. The first-order valence-electron chi connectivity index (χ1n) is 7.64. The first-order valence-corrected chi connectivity index (χ1v) is 8.44. The van der Waals surface area contributed by atoms with Crippen molar-refractivity contribution in [3.05, 3.63) is 64.1 Å². The van der Waals surface area contributed by atoms with Crippen molar-refractivity contribution in [2.24, 2.45) is 0 Å². The fourth-order valence-corrected chi connectivity index (χ4v) is 2.51. The molecule has 132 valence electrons. The Morgan fingerprint density at radius 2 is 1.80 bits per heavy atom. The topological polar surface area (TPSA) is 76.7 Å². The van der Waals surface area contributed by atoms with Crippen molar-refractivity contribution < 1.29 is 19.1 Å². The van der Waals surface area contributed by atoms with Crippen LogP contribution in [0.25, 0.3) is 0 Å². The summed E-state index contributed by atoms with van der Waals surface area (Å²) in [6.45, 7) is 0.887. The lowest BCUT2D eigenvalue weighted by molar-refractivity contribution is -0.121. The maximum atomic E-state index is 12.1. The number of ether oxygens (including phenoxy) is 2. The van der Waals surface area contributed by atoms with Crippen molar-refractivity contribution >= 4 is 27.7 Å². The van der Waals surface area contributed by atoms with Gasteiger partial charge in [-0.05, 0) is 39.7 Å². The van der Waals surface area contributed by atoms with E-state index >= 15 is 0 Å². The van der Waals surface area contributed by atoms with E-state index in [1.807, 2.05) is 30.3 Å². The molecule has 0 unspecified atom stereocenters. The summed E-state index contributed by atoms with van der Waals surface area (Å²) in [6, 6.07) is 14.2. The molecule has 0 fully saturated rings. The summed E-state index contributed by atoms with van der Waals surface area (Å²) in [4.78, 5) is 24.0. The zero-order valence-electron chi connectivity index (χ0n) is 13.8. The summed E-state index contributed by atoms with van der Waals surface area (Å²) in [5.74, 6) is -0.0922. The highest BCUT2D eigenvalue weighted by molar-refractivity contribution is 9.10. The zero-order valence-corrected chi connectivity index (χ0v) is 15.3. The molecule has 6 nitrogen and oxygen atoms in total. The Hall–Kier alpha value is -2.38. The lowest BCUT2D eigenvalue weighted by Gasteiger charge is -2.10. The van der Waals surface area contributed by atoms with Gasteiger partial charge in [-0.2, -0.15) is 0 Å². The van der Waals surface area contributed by atoms with E-state index in [-0.39, 0.29) is 12.3 Å². The smallest absolute Gasteiger partial charge is 0.269 e. The number of hydrazine groups is 1. The lowest BCUT2D eigenvalue weighted by atomic mass is 10.1. The van der Waals surface area contributed by atoms with E-state index in [0.29, 0.717) is 29.0 Å². The SMILES string of the molecule is COCCOc1ccc(C(=O)NNC(=O)Cc2ccccc2)cc1Br. The van der Waals surface area contributed by atoms with Crippen LogP contribution in [0.15, 0.2) is 53.0 Å². The van der Waals surface area contributed by atoms with Crippen molar-refractivity contribution in [2.75, 3.05) is 20.3 Å². The maximum absolute atomic E-state index is 12.1. The number of halogens is 1. The normalized spacial score (nSPS) is 10.2. The first kappa shape index (κ1) is 19.0. The number of amides is 2. The molecule has 0 aromatic heterocycles. The van der Waals surface area contributed by atoms with Gasteiger partial charge in [-0.1, -0.05) is 30.3 Å². The Morgan fingerprint density at radius 1 is 1.04 bits per heavy atom. The van der Waals surface area contributed by atoms with Gasteiger partial charge in [-0.3, -0.25) is 20.4 Å². The second-order valence-corrected chi connectivity index (χ2v) is 6.01. The molecule has 7 heteroatoms. The molecular weight excluding hydrogens is 388 g/mol. The molecule has 0 saturated heterocycles. The van der Waals surface area contributed by atoms with Crippen molar-refractivity contribution in [1.82, 2.24) is 10.9 Å². The second kappa shape index (κ2) is 9.80. The third-order valence-corrected chi connectivity index (χ3v) is 3.88. The van der Waals surface area contributed by atoms with E-state index in [2.05, 4.69) is 26.8 Å². The van der Waals surface area contributed by atoms with Crippen molar-refractivity contribution in [3.63, 3.8) is 0 Å². The highest BCUT2D eigenvalue weighted by Crippen LogP contribution is 2.25. The predicted octanol–water partition coefficient (Wildman–Crippen LogP) is 2.48. The largest absolute Gasteiger partial charge is 0.490 e. The van der Waals surface area contributed by atoms with Crippen LogP contribution in [0.1, 0.15) is 15.9 Å². The van der Waals surface area contributed by atoms with Gasteiger partial charge in [0.05, 0.1) is 17.5 Å². The molecule has 0 atom stereocenters. The maximum Gasteiger partial charge on any atom is 0.269 e. The van der Waals surface area contributed by atoms with Crippen LogP contribution in [0.2, 0.25) is 0 Å². The van der Waals surface area contributed by atoms with E-state index in [1.54, 1.807) is 25.3 Å². The molecule has 0 bridgehead atoms. The summed E-state index contributed by atoms with van der Waals surface area (Å²) in [6.07, 6.45) is 0.192. The number of rotatable bonds is 7. The van der Waals surface area contributed by atoms with Gasteiger partial charge < -0.3 is 9.47 Å². The van der Waals surface area contributed by atoms with Gasteiger partial charge in [0.15, 0.2) is 0 Å². The van der Waals surface area contributed by atoms with E-state index < -0.39 is 5.91 Å². The molecule has 0 aliphatic carbocycles. The quantitative estimate of drug-likeness (QED) is 0.546. The van der Waals surface area contributed by atoms with Crippen molar-refractivity contribution in [3.8, 4) is 5.75 Å². The summed E-state index contributed by atoms with van der Waals surface area (Å²) in [5.41, 5.74) is 6.07. The molecule has 2 aromatic carbocycles. The van der Waals surface area contributed by atoms with Gasteiger partial charge in [0.2, 0.25) is 5.91 Å². The molecule has 25 heavy (non-hydrogen) atoms. The third kappa shape index (κ3) is 6.21. The van der Waals surface area contributed by atoms with Crippen LogP contribution in [-0.4, -0.2) is 32.1 Å². The lowest BCUT2D eigenvalue weighted by Crippen LogP contribution is -2.42. The minimum Gasteiger partial charge on any atom is -0.490 e. The van der Waals surface area contributed by atoms with E-state index in [0.717, 1.165) is 5.56 Å². The van der Waals surface area contributed by atoms with Crippen molar-refractivity contribution in [2.45, 2.75) is 6.42 Å². The molecular formula is C18H19BrN2O4. The van der Waals surface area contributed by atoms with Crippen LogP contribution in [0.4, 0.5) is 0 Å². The van der Waals surface area contributed by atoms with Crippen LogP contribution in [0.5, 0.6) is 5.75 Å². The van der Waals surface area contributed by atoms with Crippen LogP contribution in [-0.2, 0) is 16.0 Å². The Kier molecular flexibility index (Phi) is 7.43. The number of benzene rings is 2. The molecule has 0 radical (unpaired) electrons. The number of hydrogen-bond donors (Lipinski definition) is 2. The molecule has 2 amide bonds. The number of carbonyl (C=O) groups is 2. The molecule has 0 saturated carbocycles. The molecule has 0 aliphatic heterocycles. The average Bonchev–Trinajstić information content (AvgIpc) is 2.62. The van der Waals surface area contributed by atoms with Gasteiger partial charge >= 0.3 is 0 Å². The van der Waals surface area contributed by atoms with Gasteiger partial charge in [0, 0.05) is 12.7 Å². The van der Waals surface area contributed by atoms with Gasteiger partial charge in [0.25, 0.3) is 5.91 Å². The number of nitrogens with one attached hydrogen (secondary N) is 2. The molecule has 2 rings (SSSR count). The van der Waals surface area contributed by atoms with Crippen molar-refractivity contribution in [1.29, 1.82) is 0 Å². The summed E-state index contributed by atoms with van der Waals surface area (Å²) < 4.78 is 11.1. The third-order valence-electron chi connectivity index (χ3n) is 3.26. The molecule has 0 spiro atoms. The second-order valence-electron chi connectivity index (χ2n) is 5.15. The summed E-state index contributed by atoms with van der Waals surface area (Å²) >= 11 is 3.36. The zero-order chi connectivity index (χ0) is 18.1. The Labute approximate surface area is 154 Å². The Morgan fingerprint density at radius 3 is 2.48 bits per heavy atom. The highest BCUT2D eigenvalue weighted by atomic mass is 79.9.